The Hall–Kier alpha value is -5.42. The number of nitroso groups, excluding NO2 is 1. The molecule has 430 valence electrons. The Balaban J connectivity index is 1.84. The van der Waals surface area contributed by atoms with Crippen LogP contribution in [-0.2, 0) is 48.0 Å². The van der Waals surface area contributed by atoms with E-state index in [-0.39, 0.29) is 37.3 Å². The number of aliphatic hydroxyl groups is 4. The molecule has 12 atom stereocenters. The van der Waals surface area contributed by atoms with Crippen molar-refractivity contribution in [1.82, 2.24) is 30.9 Å². The van der Waals surface area contributed by atoms with E-state index in [4.69, 9.17) is 33.2 Å². The first kappa shape index (κ1) is 63.1. The highest BCUT2D eigenvalue weighted by atomic mass is 32.2. The van der Waals surface area contributed by atoms with Crippen molar-refractivity contribution in [2.75, 3.05) is 26.7 Å². The number of alkyl carbamates (subject to hydrolysis) is 3. The number of hydrogen-bond acceptors (Lipinski definition) is 20. The molecule has 9 N–H and O–H groups in total. The van der Waals surface area contributed by atoms with E-state index >= 15 is 0 Å². The number of likely N-dealkylation sites (N-methyl/N-ethyl adjacent to an activating group) is 1. The van der Waals surface area contributed by atoms with Gasteiger partial charge in [-0.15, -0.1) is 4.91 Å². The number of carbonyl (C=O) groups is 5. The van der Waals surface area contributed by atoms with E-state index in [0.29, 0.717) is 0 Å². The molecule has 2 heterocycles. The van der Waals surface area contributed by atoms with E-state index in [1.54, 1.807) is 83.1 Å². The summed E-state index contributed by atoms with van der Waals surface area (Å²) >= 11 is 0. The van der Waals surface area contributed by atoms with Gasteiger partial charge in [0.25, 0.3) is 0 Å². The Labute approximate surface area is 443 Å². The molecular formula is C49H79N7O19S. The standard InChI is InChI=1S/C49H79N7O19S/c1-45(2,3)72-41(61)50-22-21-31(57)39(60)52-30-23-29(54-43(63)74-47(7,8)9)33(34(58)37(30)71-40-35(59)38(49(13,65)25-69-40)56(14)44(64)75-48(10,11)12)36-28(53-42(62)73-46(4,5)6)20-19-26(70-36)24-51-76(67,68)32-18-16-15-17-27(32)55-66/h15-19,28-31,33-38,40,51,57-59,65H,20-25H2,1-14H3,(H,50,61)(H,52,60)(H,53,62)(H,54,63)/t28-,29+,30-,31+,33?,34+,35-,36+,37+,38-,40-,49+/m1/s1. The molecule has 4 rings (SSSR count). The molecule has 0 spiro atoms. The average Bonchev–Trinajstić information content (AvgIpc) is 3.25. The first-order chi connectivity index (χ1) is 34.8. The van der Waals surface area contributed by atoms with E-state index in [1.165, 1.54) is 44.3 Å². The van der Waals surface area contributed by atoms with Crippen LogP contribution >= 0.6 is 0 Å². The van der Waals surface area contributed by atoms with Gasteiger partial charge in [0.1, 0.15) is 68.8 Å². The highest BCUT2D eigenvalue weighted by molar-refractivity contribution is 7.89. The van der Waals surface area contributed by atoms with Gasteiger partial charge in [-0.25, -0.2) is 32.3 Å². The fourth-order valence-electron chi connectivity index (χ4n) is 8.73. The van der Waals surface area contributed by atoms with Crippen molar-refractivity contribution in [3.63, 3.8) is 0 Å². The fraction of sp³-hybridized carbons (Fsp3) is 0.735. The molecule has 0 bridgehead atoms. The van der Waals surface area contributed by atoms with Crippen molar-refractivity contribution in [3.8, 4) is 0 Å². The lowest BCUT2D eigenvalue weighted by Gasteiger charge is -2.52. The minimum absolute atomic E-state index is 0.0483. The summed E-state index contributed by atoms with van der Waals surface area (Å²) in [6, 6.07) is -0.171. The number of amides is 5. The van der Waals surface area contributed by atoms with Crippen LogP contribution in [0.25, 0.3) is 0 Å². The van der Waals surface area contributed by atoms with Gasteiger partial charge in [0.15, 0.2) is 6.29 Å². The first-order valence-corrected chi connectivity index (χ1v) is 26.3. The van der Waals surface area contributed by atoms with Gasteiger partial charge in [-0.05, 0) is 133 Å². The smallest absolute Gasteiger partial charge is 0.410 e. The van der Waals surface area contributed by atoms with Gasteiger partial charge in [-0.2, -0.15) is 0 Å². The maximum atomic E-state index is 14.0. The molecule has 2 aliphatic heterocycles. The zero-order chi connectivity index (χ0) is 57.5. The number of nitrogens with zero attached hydrogens (tertiary/aromatic N) is 2. The van der Waals surface area contributed by atoms with E-state index in [2.05, 4.69) is 31.2 Å². The number of nitrogens with one attached hydrogen (secondary N) is 5. The Kier molecular flexibility index (Phi) is 20.7. The summed E-state index contributed by atoms with van der Waals surface area (Å²) in [6.07, 6.45) is -13.7. The minimum Gasteiger partial charge on any atom is -0.491 e. The number of hydrogen-bond donors (Lipinski definition) is 9. The Morgan fingerprint density at radius 1 is 0.816 bits per heavy atom. The second-order valence-electron chi connectivity index (χ2n) is 23.2. The lowest BCUT2D eigenvalue weighted by Crippen LogP contribution is -2.71. The van der Waals surface area contributed by atoms with Gasteiger partial charge >= 0.3 is 24.4 Å². The van der Waals surface area contributed by atoms with E-state index in [9.17, 15) is 57.7 Å². The highest BCUT2D eigenvalue weighted by Gasteiger charge is 2.57. The van der Waals surface area contributed by atoms with Crippen LogP contribution in [0.5, 0.6) is 0 Å². The van der Waals surface area contributed by atoms with Crippen molar-refractivity contribution >= 4 is 46.0 Å². The third-order valence-corrected chi connectivity index (χ3v) is 13.2. The van der Waals surface area contributed by atoms with E-state index in [0.717, 1.165) is 4.90 Å². The molecule has 0 aromatic heterocycles. The lowest BCUT2D eigenvalue weighted by molar-refractivity contribution is -0.305. The Bertz CT molecular complexity index is 2360. The summed E-state index contributed by atoms with van der Waals surface area (Å²) in [5.41, 5.74) is -6.22. The molecule has 76 heavy (non-hydrogen) atoms. The lowest BCUT2D eigenvalue weighted by atomic mass is 9.72. The number of ether oxygens (including phenoxy) is 7. The van der Waals surface area contributed by atoms with E-state index < -0.39 is 153 Å². The van der Waals surface area contributed by atoms with E-state index in [1.807, 2.05) is 0 Å². The minimum atomic E-state index is -4.43. The third kappa shape index (κ3) is 18.4. The summed E-state index contributed by atoms with van der Waals surface area (Å²) in [5, 5.41) is 61.1. The quantitative estimate of drug-likeness (QED) is 0.0848. The monoisotopic (exact) mass is 1100 g/mol. The number of aliphatic hydroxyl groups excluding tert-OH is 3. The fourth-order valence-corrected chi connectivity index (χ4v) is 9.86. The largest absolute Gasteiger partial charge is 0.491 e. The van der Waals surface area contributed by atoms with Crippen LogP contribution in [0.4, 0.5) is 24.9 Å². The molecule has 1 aliphatic carbocycles. The normalized spacial score (nSPS) is 27.7. The van der Waals surface area contributed by atoms with Gasteiger partial charge < -0.3 is 79.8 Å². The van der Waals surface area contributed by atoms with Gasteiger partial charge in [0.05, 0.1) is 37.4 Å². The van der Waals surface area contributed by atoms with Crippen LogP contribution in [0.3, 0.4) is 0 Å². The average molecular weight is 1100 g/mol. The van der Waals surface area contributed by atoms with Gasteiger partial charge in [0, 0.05) is 25.6 Å². The summed E-state index contributed by atoms with van der Waals surface area (Å²) in [7, 11) is -3.15. The van der Waals surface area contributed by atoms with Crippen molar-refractivity contribution in [2.45, 2.75) is 203 Å². The molecule has 2 fully saturated rings. The molecule has 27 heteroatoms. The SMILES string of the molecule is CN(C(=O)OC(C)(C)C)[C@@H]1[C@@H](O)[C@@H](O[C@H]2[C@H](NC(=O)[C@@H](O)CCNC(=O)OC(C)(C)C)C[C@H](NC(=O)OC(C)(C)C)C([C@H]3OC(CNS(=O)(=O)c4ccccc4N=O)=CC[C@H]3NC(=O)OC(C)(C)C)[C@@H]2O)OC[C@]1(C)O. The maximum Gasteiger partial charge on any atom is 0.410 e. The van der Waals surface area contributed by atoms with Crippen molar-refractivity contribution < 1.29 is 86.0 Å². The third-order valence-electron chi connectivity index (χ3n) is 11.7. The van der Waals surface area contributed by atoms with Gasteiger partial charge in [0.2, 0.25) is 15.9 Å². The zero-order valence-electron chi connectivity index (χ0n) is 45.7. The molecule has 3 aliphatic rings. The molecule has 1 aromatic carbocycles. The Morgan fingerprint density at radius 3 is 1.93 bits per heavy atom. The summed E-state index contributed by atoms with van der Waals surface area (Å²) in [5.74, 6) is -2.53. The van der Waals surface area contributed by atoms with Crippen molar-refractivity contribution in [2.24, 2.45) is 11.1 Å². The molecule has 1 saturated heterocycles. The summed E-state index contributed by atoms with van der Waals surface area (Å²) in [4.78, 5) is 79.1. The number of rotatable bonds is 16. The van der Waals surface area contributed by atoms with Crippen LogP contribution in [-0.4, -0.2) is 180 Å². The molecule has 26 nitrogen and oxygen atoms in total. The number of carbonyl (C=O) groups excluding carboxylic acids is 5. The summed E-state index contributed by atoms with van der Waals surface area (Å²) < 4.78 is 70.3. The van der Waals surface area contributed by atoms with Crippen LogP contribution in [0.1, 0.15) is 109 Å². The predicted molar refractivity (Wildman–Crippen MR) is 271 cm³/mol. The topological polar surface area (TPSA) is 358 Å². The molecule has 1 saturated carbocycles. The molecule has 1 unspecified atom stereocenters. The number of benzene rings is 1. The van der Waals surface area contributed by atoms with Crippen LogP contribution < -0.4 is 26.0 Å². The van der Waals surface area contributed by atoms with Crippen LogP contribution in [0.15, 0.2) is 46.2 Å². The molecular weight excluding hydrogens is 1020 g/mol. The molecule has 5 amide bonds. The highest BCUT2D eigenvalue weighted by Crippen LogP contribution is 2.39. The molecule has 0 radical (unpaired) electrons. The van der Waals surface area contributed by atoms with Crippen LogP contribution in [0.2, 0.25) is 0 Å². The maximum absolute atomic E-state index is 14.0. The van der Waals surface area contributed by atoms with Crippen LogP contribution in [0, 0.1) is 10.8 Å². The second-order valence-corrected chi connectivity index (χ2v) is 24.9. The first-order valence-electron chi connectivity index (χ1n) is 24.8. The Morgan fingerprint density at radius 2 is 1.37 bits per heavy atom. The summed E-state index contributed by atoms with van der Waals surface area (Å²) in [6.45, 7) is 19.4. The van der Waals surface area contributed by atoms with Crippen molar-refractivity contribution in [3.05, 3.63) is 41.0 Å². The number of sulfonamides is 1. The van der Waals surface area contributed by atoms with Crippen molar-refractivity contribution in [1.29, 1.82) is 0 Å². The zero-order valence-corrected chi connectivity index (χ0v) is 46.5. The molecule has 1 aromatic rings. The second kappa shape index (κ2) is 24.9. The van der Waals surface area contributed by atoms with Gasteiger partial charge in [-0.1, -0.05) is 12.1 Å². The predicted octanol–water partition coefficient (Wildman–Crippen LogP) is 3.05. The van der Waals surface area contributed by atoms with Gasteiger partial charge in [-0.3, -0.25) is 4.79 Å².